The van der Waals surface area contributed by atoms with Gasteiger partial charge >= 0.3 is 23.9 Å². The zero-order valence-corrected chi connectivity index (χ0v) is 22.1. The summed E-state index contributed by atoms with van der Waals surface area (Å²) in [6, 6.07) is 10.00. The van der Waals surface area contributed by atoms with Gasteiger partial charge in [-0.25, -0.2) is 19.2 Å². The molecule has 0 saturated carbocycles. The molecule has 0 saturated heterocycles. The van der Waals surface area contributed by atoms with E-state index in [9.17, 15) is 19.2 Å². The first kappa shape index (κ1) is 23.0. The van der Waals surface area contributed by atoms with Crippen molar-refractivity contribution in [1.82, 2.24) is 0 Å². The van der Waals surface area contributed by atoms with Crippen molar-refractivity contribution in [3.63, 3.8) is 0 Å². The van der Waals surface area contributed by atoms with Gasteiger partial charge in [0.05, 0.1) is 22.3 Å². The molecule has 0 bridgehead atoms. The first-order chi connectivity index (χ1) is 14.3. The zero-order chi connectivity index (χ0) is 22.9. The summed E-state index contributed by atoms with van der Waals surface area (Å²) in [6.45, 7) is 1.97. The van der Waals surface area contributed by atoms with Gasteiger partial charge in [-0.15, -0.1) is 46.2 Å². The molecule has 4 rings (SSSR count). The second-order valence-electron chi connectivity index (χ2n) is 7.84. The molecular formula is C20H19O6P5. The van der Waals surface area contributed by atoms with Crippen LogP contribution in [-0.2, 0) is 14.9 Å². The molecule has 0 amide bonds. The third-order valence-electron chi connectivity index (χ3n) is 5.61. The number of carbonyl (C=O) groups is 4. The molecule has 6 nitrogen and oxygen atoms in total. The summed E-state index contributed by atoms with van der Waals surface area (Å²) < 4.78 is 8.83. The maximum absolute atomic E-state index is 12.3. The zero-order valence-electron chi connectivity index (χ0n) is 16.3. The second-order valence-corrected chi connectivity index (χ2v) is 15.8. The SMILES string of the molecule is CC(P)(P)C(c1ccc2c(c1)C(=O)OC2=O)(c1ccc2c(c1)C(=O)OC2=O)C(P)(P)P. The molecule has 0 aromatic heterocycles. The van der Waals surface area contributed by atoms with Gasteiger partial charge in [-0.3, -0.25) is 0 Å². The summed E-state index contributed by atoms with van der Waals surface area (Å²) in [5.74, 6) is -2.75. The van der Waals surface area contributed by atoms with E-state index in [0.29, 0.717) is 11.1 Å². The first-order valence-electron chi connectivity index (χ1n) is 9.05. The molecule has 160 valence electrons. The van der Waals surface area contributed by atoms with Gasteiger partial charge in [0.1, 0.15) is 0 Å². The predicted octanol–water partition coefficient (Wildman–Crippen LogP) is 3.34. The van der Waals surface area contributed by atoms with Crippen LogP contribution < -0.4 is 0 Å². The molecule has 0 aliphatic carbocycles. The minimum atomic E-state index is -0.892. The molecule has 0 radical (unpaired) electrons. The summed E-state index contributed by atoms with van der Waals surface area (Å²) in [7, 11) is 13.9. The van der Waals surface area contributed by atoms with Crippen LogP contribution in [0, 0.1) is 0 Å². The number of fused-ring (bicyclic) bond motifs is 2. The molecule has 2 aromatic carbocycles. The summed E-state index contributed by atoms with van der Waals surface area (Å²) in [5.41, 5.74) is 1.32. The molecule has 5 atom stereocenters. The molecule has 2 aliphatic heterocycles. The Balaban J connectivity index is 2.06. The summed E-state index contributed by atoms with van der Waals surface area (Å²) in [6.07, 6.45) is 0. The van der Waals surface area contributed by atoms with Gasteiger partial charge in [-0.2, -0.15) is 0 Å². The lowest BCUT2D eigenvalue weighted by Crippen LogP contribution is -2.51. The van der Waals surface area contributed by atoms with Gasteiger partial charge < -0.3 is 9.47 Å². The van der Waals surface area contributed by atoms with E-state index in [1.54, 1.807) is 36.4 Å². The van der Waals surface area contributed by atoms with Crippen molar-refractivity contribution < 1.29 is 28.7 Å². The van der Waals surface area contributed by atoms with Crippen LogP contribution in [0.1, 0.15) is 59.5 Å². The minimum absolute atomic E-state index is 0.186. The molecule has 0 spiro atoms. The maximum atomic E-state index is 12.3. The quantitative estimate of drug-likeness (QED) is 0.357. The van der Waals surface area contributed by atoms with E-state index in [4.69, 9.17) is 9.47 Å². The maximum Gasteiger partial charge on any atom is 0.346 e. The summed E-state index contributed by atoms with van der Waals surface area (Å²) in [5, 5.41) is 0. The van der Waals surface area contributed by atoms with Crippen LogP contribution in [0.5, 0.6) is 0 Å². The number of rotatable bonds is 4. The molecule has 11 heteroatoms. The summed E-state index contributed by atoms with van der Waals surface area (Å²) >= 11 is 0. The smallest absolute Gasteiger partial charge is 0.346 e. The van der Waals surface area contributed by atoms with E-state index in [1.165, 1.54) is 0 Å². The lowest BCUT2D eigenvalue weighted by molar-refractivity contribution is 0.0425. The highest BCUT2D eigenvalue weighted by atomic mass is 31.1. The monoisotopic (exact) mass is 510 g/mol. The van der Waals surface area contributed by atoms with E-state index >= 15 is 0 Å². The number of esters is 4. The number of cyclic esters (lactones) is 4. The van der Waals surface area contributed by atoms with Crippen molar-refractivity contribution in [3.8, 4) is 0 Å². The van der Waals surface area contributed by atoms with Gasteiger partial charge in [-0.1, -0.05) is 19.1 Å². The molecule has 0 N–H and O–H groups in total. The summed E-state index contributed by atoms with van der Waals surface area (Å²) in [4.78, 5) is 47.8. The van der Waals surface area contributed by atoms with Gasteiger partial charge in [0.2, 0.25) is 0 Å². The number of ether oxygens (including phenoxy) is 2. The number of benzene rings is 2. The lowest BCUT2D eigenvalue weighted by atomic mass is 9.71. The fraction of sp³-hybridized carbons (Fsp3) is 0.200. The van der Waals surface area contributed by atoms with Crippen molar-refractivity contribution in [2.24, 2.45) is 0 Å². The van der Waals surface area contributed by atoms with E-state index in [-0.39, 0.29) is 22.3 Å². The minimum Gasteiger partial charge on any atom is -0.386 e. The number of hydrogen-bond donors (Lipinski definition) is 0. The fourth-order valence-electron chi connectivity index (χ4n) is 4.39. The Morgan fingerprint density at radius 2 is 0.968 bits per heavy atom. The molecule has 2 heterocycles. The highest BCUT2D eigenvalue weighted by molar-refractivity contribution is 7.58. The predicted molar refractivity (Wildman–Crippen MR) is 133 cm³/mol. The van der Waals surface area contributed by atoms with Crippen LogP contribution in [0.4, 0.5) is 0 Å². The average Bonchev–Trinajstić information content (AvgIpc) is 3.09. The van der Waals surface area contributed by atoms with Crippen LogP contribution in [0.3, 0.4) is 0 Å². The number of hydrogen-bond acceptors (Lipinski definition) is 6. The third-order valence-corrected chi connectivity index (χ3v) is 7.78. The number of carbonyl (C=O) groups excluding carboxylic acids is 4. The van der Waals surface area contributed by atoms with E-state index in [1.807, 2.05) is 6.92 Å². The van der Waals surface area contributed by atoms with Crippen LogP contribution in [0.15, 0.2) is 36.4 Å². The Bertz CT molecular complexity index is 1100. The molecule has 2 aliphatic rings. The van der Waals surface area contributed by atoms with E-state index in [2.05, 4.69) is 46.2 Å². The molecule has 5 unspecified atom stereocenters. The van der Waals surface area contributed by atoms with Gasteiger partial charge in [0.15, 0.2) is 0 Å². The van der Waals surface area contributed by atoms with Crippen LogP contribution in [0.2, 0.25) is 0 Å². The fourth-order valence-corrected chi connectivity index (χ4v) is 8.49. The van der Waals surface area contributed by atoms with Gasteiger partial charge in [0, 0.05) is 15.0 Å². The van der Waals surface area contributed by atoms with Gasteiger partial charge in [0.25, 0.3) is 0 Å². The van der Waals surface area contributed by atoms with Crippen molar-refractivity contribution >= 4 is 70.1 Å². The van der Waals surface area contributed by atoms with Crippen molar-refractivity contribution in [1.29, 1.82) is 0 Å². The normalized spacial score (nSPS) is 16.2. The standard InChI is InChI=1S/C20H19O6P5/c1-18(27,28)19(20(29,30)31,8-2-4-10-12(6-8)16(23)25-14(10)21)9-3-5-11-13(7-9)17(24)26-15(11)22/h2-7H,27-31H2,1H3. The van der Waals surface area contributed by atoms with Crippen LogP contribution in [-0.4, -0.2) is 33.4 Å². The van der Waals surface area contributed by atoms with E-state index < -0.39 is 38.8 Å². The Morgan fingerprint density at radius 1 is 0.613 bits per heavy atom. The lowest BCUT2D eigenvalue weighted by Gasteiger charge is -2.53. The van der Waals surface area contributed by atoms with Crippen LogP contribution in [0.25, 0.3) is 0 Å². The Hall–Kier alpha value is -1.13. The topological polar surface area (TPSA) is 86.7 Å². The highest BCUT2D eigenvalue weighted by Gasteiger charge is 2.55. The second kappa shape index (κ2) is 7.45. The van der Waals surface area contributed by atoms with Crippen molar-refractivity contribution in [2.75, 3.05) is 0 Å². The first-order valence-corrected chi connectivity index (χ1v) is 11.9. The van der Waals surface area contributed by atoms with Crippen LogP contribution >= 0.6 is 46.2 Å². The largest absolute Gasteiger partial charge is 0.386 e. The van der Waals surface area contributed by atoms with Gasteiger partial charge in [-0.05, 0) is 35.4 Å². The Morgan fingerprint density at radius 3 is 1.29 bits per heavy atom. The third kappa shape index (κ3) is 3.35. The molecule has 0 fully saturated rings. The Kier molecular flexibility index (Phi) is 5.54. The molecule has 31 heavy (non-hydrogen) atoms. The Labute approximate surface area is 190 Å². The average molecular weight is 510 g/mol. The van der Waals surface area contributed by atoms with Crippen molar-refractivity contribution in [3.05, 3.63) is 69.8 Å². The molecular weight excluding hydrogens is 491 g/mol. The molecule has 2 aromatic rings. The van der Waals surface area contributed by atoms with E-state index in [0.717, 1.165) is 0 Å². The van der Waals surface area contributed by atoms with Crippen molar-refractivity contribution in [2.45, 2.75) is 21.9 Å². The highest BCUT2D eigenvalue weighted by Crippen LogP contribution is 2.64.